The summed E-state index contributed by atoms with van der Waals surface area (Å²) in [5, 5.41) is 0. The fourth-order valence-corrected chi connectivity index (χ4v) is 1.36. The molecule has 90 valence electrons. The molecular weight excluding hydrogens is 219 g/mol. The van der Waals surface area contributed by atoms with Gasteiger partial charge in [0.25, 0.3) is 0 Å². The van der Waals surface area contributed by atoms with Crippen molar-refractivity contribution in [2.45, 2.75) is 25.1 Å². The lowest BCUT2D eigenvalue weighted by molar-refractivity contribution is -0.136. The number of halogens is 3. The minimum atomic E-state index is -4.16. The smallest absolute Gasteiger partial charge is 0.389 e. The van der Waals surface area contributed by atoms with Crippen LogP contribution in [0.5, 0.6) is 5.75 Å². The van der Waals surface area contributed by atoms with Crippen LogP contribution in [0.4, 0.5) is 13.2 Å². The van der Waals surface area contributed by atoms with Crippen molar-refractivity contribution < 1.29 is 17.9 Å². The zero-order valence-corrected chi connectivity index (χ0v) is 8.92. The molecule has 0 spiro atoms. The van der Waals surface area contributed by atoms with E-state index in [4.69, 9.17) is 10.5 Å². The molecule has 0 aromatic heterocycles. The standard InChI is InChI=1S/C11H14F3NO/c1-16-9-4-2-3-8(7-9)10(15)5-6-11(12,13)14/h2-4,7,10H,5-6,15H2,1H3. The number of benzene rings is 1. The normalized spacial score (nSPS) is 13.6. The van der Waals surface area contributed by atoms with Gasteiger partial charge in [0.15, 0.2) is 0 Å². The number of alkyl halides is 3. The Labute approximate surface area is 92.2 Å². The van der Waals surface area contributed by atoms with E-state index in [2.05, 4.69) is 0 Å². The Bertz CT molecular complexity index is 338. The monoisotopic (exact) mass is 233 g/mol. The summed E-state index contributed by atoms with van der Waals surface area (Å²) in [6.07, 6.45) is -5.14. The lowest BCUT2D eigenvalue weighted by Gasteiger charge is -2.14. The molecule has 0 amide bonds. The fraction of sp³-hybridized carbons (Fsp3) is 0.455. The second kappa shape index (κ2) is 5.21. The highest BCUT2D eigenvalue weighted by Crippen LogP contribution is 2.27. The summed E-state index contributed by atoms with van der Waals surface area (Å²) in [4.78, 5) is 0. The molecule has 0 aliphatic rings. The highest BCUT2D eigenvalue weighted by atomic mass is 19.4. The van der Waals surface area contributed by atoms with Crippen LogP contribution in [0.2, 0.25) is 0 Å². The Morgan fingerprint density at radius 3 is 2.62 bits per heavy atom. The summed E-state index contributed by atoms with van der Waals surface area (Å²) in [5.74, 6) is 0.597. The van der Waals surface area contributed by atoms with Gasteiger partial charge in [-0.1, -0.05) is 12.1 Å². The third-order valence-electron chi connectivity index (χ3n) is 2.26. The first-order valence-electron chi connectivity index (χ1n) is 4.88. The van der Waals surface area contributed by atoms with Gasteiger partial charge in [-0.3, -0.25) is 0 Å². The average Bonchev–Trinajstić information content (AvgIpc) is 2.25. The predicted molar refractivity (Wildman–Crippen MR) is 55.2 cm³/mol. The summed E-state index contributed by atoms with van der Waals surface area (Å²) >= 11 is 0. The number of ether oxygens (including phenoxy) is 1. The van der Waals surface area contributed by atoms with E-state index in [1.165, 1.54) is 7.11 Å². The topological polar surface area (TPSA) is 35.2 Å². The van der Waals surface area contributed by atoms with Gasteiger partial charge in [-0.25, -0.2) is 0 Å². The quantitative estimate of drug-likeness (QED) is 0.867. The minimum absolute atomic E-state index is 0.114. The highest BCUT2D eigenvalue weighted by molar-refractivity contribution is 5.30. The zero-order chi connectivity index (χ0) is 12.2. The van der Waals surface area contributed by atoms with E-state index >= 15 is 0 Å². The Hall–Kier alpha value is -1.23. The summed E-state index contributed by atoms with van der Waals surface area (Å²) in [6, 6.07) is 6.17. The van der Waals surface area contributed by atoms with Crippen LogP contribution in [0.1, 0.15) is 24.4 Å². The third kappa shape index (κ3) is 4.10. The van der Waals surface area contributed by atoms with Gasteiger partial charge in [0.1, 0.15) is 5.75 Å². The summed E-state index contributed by atoms with van der Waals surface area (Å²) in [7, 11) is 1.50. The van der Waals surface area contributed by atoms with Gasteiger partial charge in [-0.15, -0.1) is 0 Å². The first-order valence-corrected chi connectivity index (χ1v) is 4.88. The van der Waals surface area contributed by atoms with Crippen LogP contribution in [-0.4, -0.2) is 13.3 Å². The van der Waals surface area contributed by atoms with Crippen molar-refractivity contribution >= 4 is 0 Å². The van der Waals surface area contributed by atoms with E-state index in [0.29, 0.717) is 11.3 Å². The van der Waals surface area contributed by atoms with Crippen LogP contribution in [0, 0.1) is 0 Å². The molecule has 0 saturated carbocycles. The van der Waals surface area contributed by atoms with E-state index in [1.807, 2.05) is 0 Å². The van der Waals surface area contributed by atoms with Gasteiger partial charge in [0.05, 0.1) is 7.11 Å². The molecule has 0 aliphatic carbocycles. The Balaban J connectivity index is 2.62. The minimum Gasteiger partial charge on any atom is -0.497 e. The van der Waals surface area contributed by atoms with Crippen molar-refractivity contribution in [1.82, 2.24) is 0 Å². The number of rotatable bonds is 4. The zero-order valence-electron chi connectivity index (χ0n) is 8.92. The van der Waals surface area contributed by atoms with Crippen molar-refractivity contribution in [3.05, 3.63) is 29.8 Å². The van der Waals surface area contributed by atoms with E-state index in [0.717, 1.165) is 0 Å². The number of hydrogen-bond acceptors (Lipinski definition) is 2. The lowest BCUT2D eigenvalue weighted by atomic mass is 10.0. The molecule has 0 saturated heterocycles. The van der Waals surface area contributed by atoms with Crippen LogP contribution in [0.15, 0.2) is 24.3 Å². The van der Waals surface area contributed by atoms with E-state index in [-0.39, 0.29) is 6.42 Å². The molecule has 5 heteroatoms. The second-order valence-electron chi connectivity index (χ2n) is 3.54. The van der Waals surface area contributed by atoms with Gasteiger partial charge >= 0.3 is 6.18 Å². The maximum absolute atomic E-state index is 12.0. The fourth-order valence-electron chi connectivity index (χ4n) is 1.36. The summed E-state index contributed by atoms with van der Waals surface area (Å²) < 4.78 is 41.0. The van der Waals surface area contributed by atoms with Crippen molar-refractivity contribution in [3.8, 4) is 5.75 Å². The van der Waals surface area contributed by atoms with Gasteiger partial charge < -0.3 is 10.5 Å². The molecule has 0 heterocycles. The molecule has 1 atom stereocenters. The van der Waals surface area contributed by atoms with Crippen LogP contribution < -0.4 is 10.5 Å². The van der Waals surface area contributed by atoms with Crippen LogP contribution in [0.3, 0.4) is 0 Å². The SMILES string of the molecule is COc1cccc(C(N)CCC(F)(F)F)c1. The molecule has 2 N–H and O–H groups in total. The molecule has 1 rings (SSSR count). The molecular formula is C11H14F3NO. The van der Waals surface area contributed by atoms with Crippen molar-refractivity contribution in [1.29, 1.82) is 0 Å². The molecule has 0 aliphatic heterocycles. The number of nitrogens with two attached hydrogens (primary N) is 1. The Kier molecular flexibility index (Phi) is 4.18. The van der Waals surface area contributed by atoms with Crippen LogP contribution in [-0.2, 0) is 0 Å². The molecule has 0 radical (unpaired) electrons. The van der Waals surface area contributed by atoms with E-state index < -0.39 is 18.6 Å². The molecule has 0 bridgehead atoms. The molecule has 1 unspecified atom stereocenters. The Morgan fingerprint density at radius 1 is 1.38 bits per heavy atom. The van der Waals surface area contributed by atoms with Crippen LogP contribution in [0.25, 0.3) is 0 Å². The summed E-state index contributed by atoms with van der Waals surface area (Å²) in [5.41, 5.74) is 6.33. The Morgan fingerprint density at radius 2 is 2.06 bits per heavy atom. The van der Waals surface area contributed by atoms with Gasteiger partial charge in [0.2, 0.25) is 0 Å². The highest BCUT2D eigenvalue weighted by Gasteiger charge is 2.27. The maximum atomic E-state index is 12.0. The van der Waals surface area contributed by atoms with E-state index in [9.17, 15) is 13.2 Å². The third-order valence-corrected chi connectivity index (χ3v) is 2.26. The molecule has 0 fully saturated rings. The van der Waals surface area contributed by atoms with E-state index in [1.54, 1.807) is 24.3 Å². The van der Waals surface area contributed by atoms with Crippen LogP contribution >= 0.6 is 0 Å². The lowest BCUT2D eigenvalue weighted by Crippen LogP contribution is -2.15. The van der Waals surface area contributed by atoms with Crippen molar-refractivity contribution in [2.24, 2.45) is 5.73 Å². The molecule has 16 heavy (non-hydrogen) atoms. The first-order chi connectivity index (χ1) is 7.42. The second-order valence-corrected chi connectivity index (χ2v) is 3.54. The molecule has 1 aromatic rings. The largest absolute Gasteiger partial charge is 0.497 e. The molecule has 1 aromatic carbocycles. The number of hydrogen-bond donors (Lipinski definition) is 1. The average molecular weight is 233 g/mol. The number of methoxy groups -OCH3 is 1. The van der Waals surface area contributed by atoms with Gasteiger partial charge in [0, 0.05) is 12.5 Å². The maximum Gasteiger partial charge on any atom is 0.389 e. The van der Waals surface area contributed by atoms with Crippen molar-refractivity contribution in [2.75, 3.05) is 7.11 Å². The summed E-state index contributed by atoms with van der Waals surface area (Å²) in [6.45, 7) is 0. The van der Waals surface area contributed by atoms with Gasteiger partial charge in [-0.05, 0) is 24.1 Å². The predicted octanol–water partition coefficient (Wildman–Crippen LogP) is 3.04. The first kappa shape index (κ1) is 12.8. The molecule has 2 nitrogen and oxygen atoms in total. The van der Waals surface area contributed by atoms with Crippen molar-refractivity contribution in [3.63, 3.8) is 0 Å². The van der Waals surface area contributed by atoms with Gasteiger partial charge in [-0.2, -0.15) is 13.2 Å².